The molecule has 0 spiro atoms. The normalized spacial score (nSPS) is 19.5. The summed E-state index contributed by atoms with van der Waals surface area (Å²) >= 11 is 0. The van der Waals surface area contributed by atoms with Crippen LogP contribution in [0.15, 0.2) is 30.3 Å². The predicted molar refractivity (Wildman–Crippen MR) is 109 cm³/mol. The van der Waals surface area contributed by atoms with Gasteiger partial charge in [-0.3, -0.25) is 0 Å². The van der Waals surface area contributed by atoms with Crippen molar-refractivity contribution in [2.75, 3.05) is 19.8 Å². The summed E-state index contributed by atoms with van der Waals surface area (Å²) in [7, 11) is 0. The lowest BCUT2D eigenvalue weighted by Crippen LogP contribution is -2.29. The van der Waals surface area contributed by atoms with Gasteiger partial charge in [-0.1, -0.05) is 44.5 Å². The molecule has 0 N–H and O–H groups in total. The Morgan fingerprint density at radius 2 is 1.83 bits per heavy atom. The smallest absolute Gasteiger partial charge is 0.166 e. The molecule has 29 heavy (non-hydrogen) atoms. The van der Waals surface area contributed by atoms with Crippen molar-refractivity contribution in [3.05, 3.63) is 58.9 Å². The molecule has 1 heterocycles. The van der Waals surface area contributed by atoms with Gasteiger partial charge in [0.25, 0.3) is 0 Å². The van der Waals surface area contributed by atoms with Gasteiger partial charge in [-0.05, 0) is 48.4 Å². The first kappa shape index (κ1) is 21.8. The summed E-state index contributed by atoms with van der Waals surface area (Å²) in [5.74, 6) is -2.21. The highest BCUT2D eigenvalue weighted by Crippen LogP contribution is 2.33. The molecule has 0 radical (unpaired) electrons. The lowest BCUT2D eigenvalue weighted by atomic mass is 9.89. The van der Waals surface area contributed by atoms with Crippen LogP contribution in [0.4, 0.5) is 13.2 Å². The highest BCUT2D eigenvalue weighted by atomic mass is 19.2. The third kappa shape index (κ3) is 5.20. The van der Waals surface area contributed by atoms with Crippen molar-refractivity contribution in [2.24, 2.45) is 0 Å². The monoisotopic (exact) mass is 406 g/mol. The summed E-state index contributed by atoms with van der Waals surface area (Å²) in [6, 6.07) is 7.74. The van der Waals surface area contributed by atoms with Gasteiger partial charge in [-0.15, -0.1) is 0 Å². The lowest BCUT2D eigenvalue weighted by molar-refractivity contribution is -0.0484. The number of aryl methyl sites for hydroxylation is 1. The third-order valence-electron chi connectivity index (χ3n) is 5.46. The number of hydrogen-bond acceptors (Lipinski definition) is 2. The molecular weight excluding hydrogens is 377 g/mol. The van der Waals surface area contributed by atoms with E-state index in [4.69, 9.17) is 9.47 Å². The molecule has 1 aliphatic heterocycles. The summed E-state index contributed by atoms with van der Waals surface area (Å²) < 4.78 is 54.9. The Kier molecular flexibility index (Phi) is 7.73. The Hall–Kier alpha value is -1.85. The molecule has 0 aromatic heterocycles. The molecule has 158 valence electrons. The van der Waals surface area contributed by atoms with Crippen LogP contribution < -0.4 is 0 Å². The lowest BCUT2D eigenvalue weighted by Gasteiger charge is -2.29. The summed E-state index contributed by atoms with van der Waals surface area (Å²) in [6.45, 7) is 5.70. The number of ether oxygens (including phenoxy) is 2. The maximum atomic E-state index is 14.8. The molecular formula is C24H29F3O2. The molecule has 3 rings (SSSR count). The zero-order valence-electron chi connectivity index (χ0n) is 17.1. The van der Waals surface area contributed by atoms with Crippen molar-refractivity contribution in [3.8, 4) is 11.1 Å². The molecule has 0 amide bonds. The van der Waals surface area contributed by atoms with Crippen molar-refractivity contribution in [1.82, 2.24) is 0 Å². The third-order valence-corrected chi connectivity index (χ3v) is 5.46. The maximum absolute atomic E-state index is 14.8. The second kappa shape index (κ2) is 10.3. The Morgan fingerprint density at radius 3 is 2.48 bits per heavy atom. The SMILES string of the molecule is CCCOCC1CCC(c2ccc(-c3ccc(CCC)c(F)c3F)cc2F)CO1. The molecule has 0 bridgehead atoms. The fraction of sp³-hybridized carbons (Fsp3) is 0.500. The Labute approximate surface area is 171 Å². The first-order chi connectivity index (χ1) is 14.0. The molecule has 2 unspecified atom stereocenters. The topological polar surface area (TPSA) is 18.5 Å². The van der Waals surface area contributed by atoms with Gasteiger partial charge in [-0.25, -0.2) is 13.2 Å². The van der Waals surface area contributed by atoms with E-state index in [9.17, 15) is 13.2 Å². The molecule has 2 nitrogen and oxygen atoms in total. The van der Waals surface area contributed by atoms with Gasteiger partial charge in [0.05, 0.1) is 19.3 Å². The second-order valence-electron chi connectivity index (χ2n) is 7.69. The van der Waals surface area contributed by atoms with Crippen LogP contribution in [-0.4, -0.2) is 25.9 Å². The van der Waals surface area contributed by atoms with E-state index >= 15 is 0 Å². The van der Waals surface area contributed by atoms with Gasteiger partial charge in [0.1, 0.15) is 5.82 Å². The van der Waals surface area contributed by atoms with Crippen LogP contribution in [0.3, 0.4) is 0 Å². The minimum absolute atomic E-state index is 0.0417. The van der Waals surface area contributed by atoms with Crippen LogP contribution in [0.25, 0.3) is 11.1 Å². The van der Waals surface area contributed by atoms with E-state index in [1.54, 1.807) is 18.2 Å². The Morgan fingerprint density at radius 1 is 1.00 bits per heavy atom. The minimum atomic E-state index is -0.918. The molecule has 2 aromatic rings. The number of hydrogen-bond donors (Lipinski definition) is 0. The van der Waals surface area contributed by atoms with Crippen molar-refractivity contribution < 1.29 is 22.6 Å². The zero-order chi connectivity index (χ0) is 20.8. The molecule has 1 saturated heterocycles. The zero-order valence-corrected chi connectivity index (χ0v) is 17.1. The highest BCUT2D eigenvalue weighted by Gasteiger charge is 2.25. The first-order valence-corrected chi connectivity index (χ1v) is 10.5. The molecule has 2 aromatic carbocycles. The Bertz CT molecular complexity index is 814. The van der Waals surface area contributed by atoms with Gasteiger partial charge in [-0.2, -0.15) is 0 Å². The molecule has 0 aliphatic carbocycles. The van der Waals surface area contributed by atoms with Gasteiger partial charge in [0, 0.05) is 18.1 Å². The summed E-state index contributed by atoms with van der Waals surface area (Å²) in [5.41, 5.74) is 1.34. The fourth-order valence-corrected chi connectivity index (χ4v) is 3.84. The summed E-state index contributed by atoms with van der Waals surface area (Å²) in [4.78, 5) is 0. The van der Waals surface area contributed by atoms with E-state index in [-0.39, 0.29) is 17.6 Å². The van der Waals surface area contributed by atoms with Crippen LogP contribution in [0.1, 0.15) is 56.6 Å². The van der Waals surface area contributed by atoms with Crippen molar-refractivity contribution in [3.63, 3.8) is 0 Å². The van der Waals surface area contributed by atoms with E-state index in [0.717, 1.165) is 32.3 Å². The van der Waals surface area contributed by atoms with Gasteiger partial charge in [0.15, 0.2) is 11.6 Å². The van der Waals surface area contributed by atoms with E-state index < -0.39 is 17.5 Å². The number of benzene rings is 2. The van der Waals surface area contributed by atoms with Crippen LogP contribution in [0.2, 0.25) is 0 Å². The number of halogens is 3. The second-order valence-corrected chi connectivity index (χ2v) is 7.69. The van der Waals surface area contributed by atoms with Gasteiger partial charge >= 0.3 is 0 Å². The van der Waals surface area contributed by atoms with E-state index in [1.165, 1.54) is 12.1 Å². The van der Waals surface area contributed by atoms with E-state index in [0.29, 0.717) is 36.3 Å². The van der Waals surface area contributed by atoms with Crippen LogP contribution in [0.5, 0.6) is 0 Å². The predicted octanol–water partition coefficient (Wildman–Crippen LogP) is 6.41. The Balaban J connectivity index is 1.71. The molecule has 0 saturated carbocycles. The average molecular weight is 406 g/mol. The van der Waals surface area contributed by atoms with Gasteiger partial charge in [0.2, 0.25) is 0 Å². The van der Waals surface area contributed by atoms with Crippen molar-refractivity contribution >= 4 is 0 Å². The van der Waals surface area contributed by atoms with Crippen molar-refractivity contribution in [2.45, 2.75) is 58.0 Å². The fourth-order valence-electron chi connectivity index (χ4n) is 3.84. The van der Waals surface area contributed by atoms with Gasteiger partial charge < -0.3 is 9.47 Å². The maximum Gasteiger partial charge on any atom is 0.166 e. The standard InChI is InChI=1S/C24H29F3O2/c1-3-5-16-7-11-21(24(27)23(16)26)17-8-10-20(22(25)13-17)18-6-9-19(29-14-18)15-28-12-4-2/h7-8,10-11,13,18-19H,3-6,9,12,14-15H2,1-2H3. The molecule has 1 aliphatic rings. The van der Waals surface area contributed by atoms with E-state index in [2.05, 4.69) is 6.92 Å². The van der Waals surface area contributed by atoms with Crippen molar-refractivity contribution in [1.29, 1.82) is 0 Å². The molecule has 2 atom stereocenters. The first-order valence-electron chi connectivity index (χ1n) is 10.5. The average Bonchev–Trinajstić information content (AvgIpc) is 2.72. The van der Waals surface area contributed by atoms with Crippen LogP contribution in [-0.2, 0) is 15.9 Å². The number of rotatable bonds is 8. The van der Waals surface area contributed by atoms with Crippen LogP contribution in [0, 0.1) is 17.5 Å². The van der Waals surface area contributed by atoms with E-state index in [1.807, 2.05) is 6.92 Å². The summed E-state index contributed by atoms with van der Waals surface area (Å²) in [6.07, 6.45) is 3.85. The molecule has 5 heteroatoms. The minimum Gasteiger partial charge on any atom is -0.379 e. The summed E-state index contributed by atoms with van der Waals surface area (Å²) in [5, 5.41) is 0. The quantitative estimate of drug-likeness (QED) is 0.472. The molecule has 1 fully saturated rings. The largest absolute Gasteiger partial charge is 0.379 e. The van der Waals surface area contributed by atoms with Crippen LogP contribution >= 0.6 is 0 Å². The highest BCUT2D eigenvalue weighted by molar-refractivity contribution is 5.65.